The summed E-state index contributed by atoms with van der Waals surface area (Å²) in [5.41, 5.74) is 0.995. The van der Waals surface area contributed by atoms with E-state index in [0.717, 1.165) is 42.9 Å². The van der Waals surface area contributed by atoms with E-state index in [1.54, 1.807) is 0 Å². The summed E-state index contributed by atoms with van der Waals surface area (Å²) in [6, 6.07) is 0. The van der Waals surface area contributed by atoms with Gasteiger partial charge in [-0.1, -0.05) is 32.9 Å². The lowest BCUT2D eigenvalue weighted by atomic mass is 9.41. The predicted octanol–water partition coefficient (Wildman–Crippen LogP) is 5.37. The van der Waals surface area contributed by atoms with Gasteiger partial charge in [0.2, 0.25) is 0 Å². The van der Waals surface area contributed by atoms with Crippen molar-refractivity contribution in [2.24, 2.45) is 46.3 Å². The number of carbonyl (C=O) groups is 1. The van der Waals surface area contributed by atoms with Gasteiger partial charge >= 0.3 is 5.97 Å². The van der Waals surface area contributed by atoms with Crippen LogP contribution in [0, 0.1) is 46.3 Å². The van der Waals surface area contributed by atoms with E-state index in [4.69, 9.17) is 4.74 Å². The lowest BCUT2D eigenvalue weighted by molar-refractivity contribution is -0.182. The van der Waals surface area contributed by atoms with Crippen molar-refractivity contribution in [1.82, 2.24) is 0 Å². The number of rotatable bonds is 2. The minimum atomic E-state index is 0.157. The number of allylic oxidation sites excluding steroid dienone is 2. The van der Waals surface area contributed by atoms with Crippen LogP contribution in [0.5, 0.6) is 0 Å². The molecule has 6 aliphatic rings. The number of hydrogen-bond acceptors (Lipinski definition) is 2. The number of fused-ring (bicyclic) bond motifs is 4. The molecule has 0 radical (unpaired) electrons. The average molecular weight is 343 g/mol. The molecule has 4 bridgehead atoms. The number of carbonyl (C=O) groups excluding carboxylic acids is 1. The van der Waals surface area contributed by atoms with Crippen molar-refractivity contribution >= 4 is 5.97 Å². The fraction of sp³-hybridized carbons (Fsp3) is 0.870. The van der Waals surface area contributed by atoms with Crippen LogP contribution < -0.4 is 0 Å². The molecule has 6 unspecified atom stereocenters. The maximum Gasteiger partial charge on any atom is 0.309 e. The Labute approximate surface area is 152 Å². The van der Waals surface area contributed by atoms with Crippen molar-refractivity contribution < 1.29 is 9.53 Å². The van der Waals surface area contributed by atoms with Gasteiger partial charge in [0.05, 0.1) is 5.92 Å². The highest BCUT2D eigenvalue weighted by molar-refractivity contribution is 5.74. The Morgan fingerprint density at radius 3 is 2.52 bits per heavy atom. The summed E-state index contributed by atoms with van der Waals surface area (Å²) in [6.07, 6.45) is 14.8. The van der Waals surface area contributed by atoms with Gasteiger partial charge in [0.25, 0.3) is 0 Å². The Balaban J connectivity index is 1.19. The van der Waals surface area contributed by atoms with Gasteiger partial charge in [-0.15, -0.1) is 0 Å². The Morgan fingerprint density at radius 1 is 1.08 bits per heavy atom. The van der Waals surface area contributed by atoms with E-state index in [1.165, 1.54) is 32.1 Å². The van der Waals surface area contributed by atoms with Crippen molar-refractivity contribution in [2.45, 2.75) is 78.2 Å². The van der Waals surface area contributed by atoms with Crippen LogP contribution in [0.4, 0.5) is 0 Å². The second kappa shape index (κ2) is 5.36. The molecule has 0 aromatic carbocycles. The van der Waals surface area contributed by atoms with Crippen molar-refractivity contribution in [3.8, 4) is 0 Å². The van der Waals surface area contributed by atoms with Crippen LogP contribution in [0.2, 0.25) is 0 Å². The fourth-order valence-corrected chi connectivity index (χ4v) is 7.61. The van der Waals surface area contributed by atoms with Crippen molar-refractivity contribution in [3.63, 3.8) is 0 Å². The van der Waals surface area contributed by atoms with Crippen molar-refractivity contribution in [2.75, 3.05) is 0 Å². The summed E-state index contributed by atoms with van der Waals surface area (Å²) in [6.45, 7) is 7.04. The van der Waals surface area contributed by atoms with Crippen LogP contribution in [0.3, 0.4) is 0 Å². The molecule has 5 saturated carbocycles. The van der Waals surface area contributed by atoms with Crippen LogP contribution in [-0.4, -0.2) is 12.1 Å². The summed E-state index contributed by atoms with van der Waals surface area (Å²) >= 11 is 0. The Morgan fingerprint density at radius 2 is 1.84 bits per heavy atom. The van der Waals surface area contributed by atoms with Gasteiger partial charge in [-0.05, 0) is 91.8 Å². The largest absolute Gasteiger partial charge is 0.462 e. The zero-order valence-corrected chi connectivity index (χ0v) is 16.2. The summed E-state index contributed by atoms with van der Waals surface area (Å²) < 4.78 is 6.06. The third-order valence-electron chi connectivity index (χ3n) is 8.98. The highest BCUT2D eigenvalue weighted by Crippen LogP contribution is 2.75. The lowest BCUT2D eigenvalue weighted by Crippen LogP contribution is -2.58. The fourth-order valence-electron chi connectivity index (χ4n) is 7.61. The van der Waals surface area contributed by atoms with E-state index < -0.39 is 0 Å². The molecular weight excluding hydrogens is 308 g/mol. The highest BCUT2D eigenvalue weighted by Gasteiger charge is 2.69. The van der Waals surface area contributed by atoms with Crippen LogP contribution in [0.1, 0.15) is 72.1 Å². The molecule has 0 amide bonds. The van der Waals surface area contributed by atoms with Crippen molar-refractivity contribution in [3.05, 3.63) is 12.2 Å². The first kappa shape index (κ1) is 16.4. The van der Waals surface area contributed by atoms with Gasteiger partial charge < -0.3 is 4.74 Å². The summed E-state index contributed by atoms with van der Waals surface area (Å²) in [7, 11) is 0. The Bertz CT molecular complexity index is 588. The summed E-state index contributed by atoms with van der Waals surface area (Å²) in [5, 5.41) is 0. The minimum Gasteiger partial charge on any atom is -0.462 e. The normalized spacial score (nSPS) is 50.3. The first-order chi connectivity index (χ1) is 11.9. The Kier molecular flexibility index (Phi) is 3.51. The quantitative estimate of drug-likeness (QED) is 0.498. The summed E-state index contributed by atoms with van der Waals surface area (Å²) in [4.78, 5) is 12.9. The molecule has 0 aromatic heterocycles. The van der Waals surface area contributed by atoms with E-state index in [0.29, 0.717) is 16.7 Å². The van der Waals surface area contributed by atoms with Gasteiger partial charge in [-0.2, -0.15) is 0 Å². The lowest BCUT2D eigenvalue weighted by Gasteiger charge is -2.62. The molecule has 0 N–H and O–H groups in total. The molecule has 138 valence electrons. The smallest absolute Gasteiger partial charge is 0.309 e. The molecule has 1 spiro atoms. The van der Waals surface area contributed by atoms with Crippen LogP contribution >= 0.6 is 0 Å². The topological polar surface area (TPSA) is 26.3 Å². The highest BCUT2D eigenvalue weighted by atomic mass is 16.5. The predicted molar refractivity (Wildman–Crippen MR) is 98.8 cm³/mol. The number of esters is 1. The molecule has 0 saturated heterocycles. The monoisotopic (exact) mass is 342 g/mol. The first-order valence-corrected chi connectivity index (χ1v) is 10.8. The van der Waals surface area contributed by atoms with E-state index in [2.05, 4.69) is 32.9 Å². The molecule has 0 heterocycles. The minimum absolute atomic E-state index is 0.157. The second-order valence-electron chi connectivity index (χ2n) is 10.9. The SMILES string of the molecule is CC(C)(C)C1CCC(OC(=O)C2CCC34CC2C3C2C=CC4C2)CC1. The maximum absolute atomic E-state index is 12.9. The maximum atomic E-state index is 12.9. The molecule has 25 heavy (non-hydrogen) atoms. The van der Waals surface area contributed by atoms with Gasteiger partial charge in [0.15, 0.2) is 0 Å². The van der Waals surface area contributed by atoms with Crippen LogP contribution in [0.25, 0.3) is 0 Å². The second-order valence-corrected chi connectivity index (χ2v) is 10.9. The molecule has 0 aliphatic heterocycles. The van der Waals surface area contributed by atoms with Gasteiger partial charge in [0.1, 0.15) is 6.10 Å². The third-order valence-corrected chi connectivity index (χ3v) is 8.98. The van der Waals surface area contributed by atoms with E-state index in [9.17, 15) is 4.79 Å². The molecule has 6 aliphatic carbocycles. The van der Waals surface area contributed by atoms with Gasteiger partial charge in [-0.25, -0.2) is 0 Å². The zero-order valence-electron chi connectivity index (χ0n) is 16.2. The third kappa shape index (κ3) is 2.31. The molecule has 2 nitrogen and oxygen atoms in total. The Hall–Kier alpha value is -0.790. The molecule has 6 rings (SSSR count). The number of ether oxygens (including phenoxy) is 1. The average Bonchev–Trinajstić information content (AvgIpc) is 3.11. The first-order valence-electron chi connectivity index (χ1n) is 10.8. The molecule has 5 fully saturated rings. The van der Waals surface area contributed by atoms with Crippen LogP contribution in [0.15, 0.2) is 12.2 Å². The van der Waals surface area contributed by atoms with E-state index in [-0.39, 0.29) is 18.0 Å². The zero-order chi connectivity index (χ0) is 17.4. The standard InChI is InChI=1S/C23H34O2/c1-22(2,3)15-6-8-17(9-7-15)25-21(24)18-10-11-23-13-19(18)20(23)14-4-5-16(23)12-14/h4-5,14-20H,6-13H2,1-3H3. The number of hydrogen-bond donors (Lipinski definition) is 0. The molecule has 2 heteroatoms. The van der Waals surface area contributed by atoms with E-state index in [1.807, 2.05) is 0 Å². The molecular formula is C23H34O2. The van der Waals surface area contributed by atoms with Gasteiger partial charge in [-0.3, -0.25) is 4.79 Å². The summed E-state index contributed by atoms with van der Waals surface area (Å²) in [5.74, 6) is 4.21. The van der Waals surface area contributed by atoms with Crippen molar-refractivity contribution in [1.29, 1.82) is 0 Å². The van der Waals surface area contributed by atoms with Crippen LogP contribution in [-0.2, 0) is 9.53 Å². The molecule has 6 atom stereocenters. The van der Waals surface area contributed by atoms with Gasteiger partial charge in [0, 0.05) is 0 Å². The van der Waals surface area contributed by atoms with E-state index >= 15 is 0 Å². The molecule has 0 aromatic rings.